The van der Waals surface area contributed by atoms with E-state index in [1.807, 2.05) is 11.8 Å². The van der Waals surface area contributed by atoms with E-state index in [9.17, 15) is 0 Å². The van der Waals surface area contributed by atoms with Crippen LogP contribution >= 0.6 is 35.7 Å². The summed E-state index contributed by atoms with van der Waals surface area (Å²) < 4.78 is 5.15. The van der Waals surface area contributed by atoms with Crippen LogP contribution in [-0.4, -0.2) is 55.7 Å². The lowest BCUT2D eigenvalue weighted by atomic mass is 10.0. The summed E-state index contributed by atoms with van der Waals surface area (Å²) in [5.74, 6) is 3.09. The van der Waals surface area contributed by atoms with Crippen LogP contribution in [0.1, 0.15) is 19.3 Å². The van der Waals surface area contributed by atoms with Crippen LogP contribution in [0, 0.1) is 5.41 Å². The fraction of sp³-hybridized carbons (Fsp3) is 0.917. The Kier molecular flexibility index (Phi) is 7.08. The topological polar surface area (TPSA) is 50.9 Å². The Morgan fingerprint density at radius 3 is 2.61 bits per heavy atom. The third-order valence-corrected chi connectivity index (χ3v) is 4.65. The molecule has 6 heteroatoms. The molecule has 2 N–H and O–H groups in total. The zero-order valence-corrected chi connectivity index (χ0v) is 14.2. The van der Waals surface area contributed by atoms with Gasteiger partial charge in [-0.05, 0) is 24.7 Å². The van der Waals surface area contributed by atoms with Crippen LogP contribution in [0.25, 0.3) is 0 Å². The molecule has 1 saturated heterocycles. The molecular formula is C12H24IN3OS. The summed E-state index contributed by atoms with van der Waals surface area (Å²) in [6.07, 6.45) is 3.68. The molecule has 4 nitrogen and oxygen atoms in total. The average molecular weight is 385 g/mol. The summed E-state index contributed by atoms with van der Waals surface area (Å²) in [6, 6.07) is 0. The molecule has 0 atom stereocenters. The number of nitrogens with zero attached hydrogens (tertiary/aromatic N) is 2. The van der Waals surface area contributed by atoms with Crippen LogP contribution in [0.15, 0.2) is 4.99 Å². The van der Waals surface area contributed by atoms with Crippen molar-refractivity contribution >= 4 is 41.7 Å². The minimum Gasteiger partial charge on any atom is -0.385 e. The molecule has 18 heavy (non-hydrogen) atoms. The van der Waals surface area contributed by atoms with Gasteiger partial charge >= 0.3 is 0 Å². The lowest BCUT2D eigenvalue weighted by Crippen LogP contribution is -2.43. The molecule has 0 unspecified atom stereocenters. The van der Waals surface area contributed by atoms with E-state index < -0.39 is 0 Å². The summed E-state index contributed by atoms with van der Waals surface area (Å²) in [4.78, 5) is 6.80. The van der Waals surface area contributed by atoms with Crippen molar-refractivity contribution in [3.63, 3.8) is 0 Å². The van der Waals surface area contributed by atoms with Crippen LogP contribution < -0.4 is 5.73 Å². The number of hydrogen-bond donors (Lipinski definition) is 1. The molecule has 0 amide bonds. The van der Waals surface area contributed by atoms with E-state index >= 15 is 0 Å². The third-order valence-electron chi connectivity index (χ3n) is 3.71. The van der Waals surface area contributed by atoms with Crippen molar-refractivity contribution in [2.75, 3.05) is 44.9 Å². The van der Waals surface area contributed by atoms with Crippen LogP contribution in [0.2, 0.25) is 0 Å². The molecule has 0 bridgehead atoms. The van der Waals surface area contributed by atoms with Gasteiger partial charge in [-0.15, -0.1) is 24.0 Å². The summed E-state index contributed by atoms with van der Waals surface area (Å²) in [5, 5.41) is 0. The summed E-state index contributed by atoms with van der Waals surface area (Å²) in [6.45, 7) is 3.82. The largest absolute Gasteiger partial charge is 0.385 e. The van der Waals surface area contributed by atoms with Gasteiger partial charge in [0, 0.05) is 44.9 Å². The van der Waals surface area contributed by atoms with Gasteiger partial charge < -0.3 is 15.4 Å². The number of thioether (sulfide) groups is 1. The van der Waals surface area contributed by atoms with Gasteiger partial charge in [0.25, 0.3) is 0 Å². The molecule has 2 rings (SSSR count). The fourth-order valence-electron chi connectivity index (χ4n) is 2.12. The molecule has 0 aromatic heterocycles. The van der Waals surface area contributed by atoms with Crippen LogP contribution in [0.3, 0.4) is 0 Å². The van der Waals surface area contributed by atoms with E-state index in [2.05, 4.69) is 9.89 Å². The zero-order valence-electron chi connectivity index (χ0n) is 11.1. The molecule has 106 valence electrons. The standard InChI is InChI=1S/C12H23N3OS.HI/c1-16-7-4-12(2-3-12)10-14-11(13)15-5-8-17-9-6-15;/h2-10H2,1H3,(H2,13,14);1H. The Balaban J connectivity index is 0.00000162. The van der Waals surface area contributed by atoms with Gasteiger partial charge in [-0.3, -0.25) is 4.99 Å². The Labute approximate surface area is 131 Å². The molecule has 1 aliphatic heterocycles. The number of rotatable bonds is 5. The van der Waals surface area contributed by atoms with Gasteiger partial charge in [0.15, 0.2) is 5.96 Å². The first-order chi connectivity index (χ1) is 8.26. The molecule has 1 heterocycles. The monoisotopic (exact) mass is 385 g/mol. The molecule has 0 aromatic carbocycles. The highest BCUT2D eigenvalue weighted by Gasteiger charge is 2.41. The number of guanidine groups is 1. The molecule has 1 aliphatic carbocycles. The summed E-state index contributed by atoms with van der Waals surface area (Å²) in [5.41, 5.74) is 6.46. The zero-order chi connectivity index (χ0) is 12.1. The SMILES string of the molecule is COCCC1(CN=C(N)N2CCSCC2)CC1.I. The average Bonchev–Trinajstić information content (AvgIpc) is 3.15. The minimum absolute atomic E-state index is 0. The molecule has 2 aliphatic rings. The van der Waals surface area contributed by atoms with Gasteiger partial charge in [-0.1, -0.05) is 0 Å². The van der Waals surface area contributed by atoms with Gasteiger partial charge in [-0.25, -0.2) is 0 Å². The normalized spacial score (nSPS) is 22.5. The maximum Gasteiger partial charge on any atom is 0.191 e. The smallest absolute Gasteiger partial charge is 0.191 e. The van der Waals surface area contributed by atoms with E-state index in [0.717, 1.165) is 38.6 Å². The van der Waals surface area contributed by atoms with Gasteiger partial charge in [-0.2, -0.15) is 11.8 Å². The second-order valence-corrected chi connectivity index (χ2v) is 6.24. The van der Waals surface area contributed by atoms with Crippen molar-refractivity contribution in [2.45, 2.75) is 19.3 Å². The Morgan fingerprint density at radius 1 is 1.39 bits per heavy atom. The molecular weight excluding hydrogens is 361 g/mol. The highest BCUT2D eigenvalue weighted by atomic mass is 127. The predicted molar refractivity (Wildman–Crippen MR) is 89.0 cm³/mol. The maximum absolute atomic E-state index is 6.05. The number of halogens is 1. The van der Waals surface area contributed by atoms with E-state index in [4.69, 9.17) is 10.5 Å². The quantitative estimate of drug-likeness (QED) is 0.446. The molecule has 0 aromatic rings. The van der Waals surface area contributed by atoms with Crippen molar-refractivity contribution in [3.05, 3.63) is 0 Å². The fourth-order valence-corrected chi connectivity index (χ4v) is 3.03. The first kappa shape index (κ1) is 16.4. The lowest BCUT2D eigenvalue weighted by Gasteiger charge is -2.27. The highest BCUT2D eigenvalue weighted by Crippen LogP contribution is 2.48. The Morgan fingerprint density at radius 2 is 2.06 bits per heavy atom. The van der Waals surface area contributed by atoms with Crippen molar-refractivity contribution in [1.29, 1.82) is 0 Å². The number of aliphatic imine (C=N–C) groups is 1. The first-order valence-electron chi connectivity index (χ1n) is 6.37. The number of methoxy groups -OCH3 is 1. The number of hydrogen-bond acceptors (Lipinski definition) is 3. The van der Waals surface area contributed by atoms with Crippen molar-refractivity contribution in [1.82, 2.24) is 4.90 Å². The second kappa shape index (κ2) is 7.79. The Hall–Kier alpha value is 0.310. The Bertz CT molecular complexity index is 278. The van der Waals surface area contributed by atoms with E-state index in [-0.39, 0.29) is 24.0 Å². The van der Waals surface area contributed by atoms with Gasteiger partial charge in [0.2, 0.25) is 0 Å². The van der Waals surface area contributed by atoms with E-state index in [1.165, 1.54) is 24.3 Å². The maximum atomic E-state index is 6.05. The van der Waals surface area contributed by atoms with Crippen LogP contribution in [0.4, 0.5) is 0 Å². The molecule has 0 spiro atoms. The molecule has 1 saturated carbocycles. The van der Waals surface area contributed by atoms with Gasteiger partial charge in [0.1, 0.15) is 0 Å². The first-order valence-corrected chi connectivity index (χ1v) is 7.53. The number of nitrogens with two attached hydrogens (primary N) is 1. The highest BCUT2D eigenvalue weighted by molar-refractivity contribution is 14.0. The van der Waals surface area contributed by atoms with Crippen molar-refractivity contribution in [2.24, 2.45) is 16.1 Å². The van der Waals surface area contributed by atoms with E-state index in [1.54, 1.807) is 7.11 Å². The summed E-state index contributed by atoms with van der Waals surface area (Å²) >= 11 is 1.99. The minimum atomic E-state index is 0. The van der Waals surface area contributed by atoms with Gasteiger partial charge in [0.05, 0.1) is 0 Å². The number of ether oxygens (including phenoxy) is 1. The van der Waals surface area contributed by atoms with Crippen LogP contribution in [0.5, 0.6) is 0 Å². The predicted octanol–water partition coefficient (Wildman–Crippen LogP) is 1.78. The third kappa shape index (κ3) is 4.77. The van der Waals surface area contributed by atoms with Crippen molar-refractivity contribution in [3.8, 4) is 0 Å². The second-order valence-electron chi connectivity index (χ2n) is 5.02. The molecule has 0 radical (unpaired) electrons. The van der Waals surface area contributed by atoms with E-state index in [0.29, 0.717) is 5.41 Å². The summed E-state index contributed by atoms with van der Waals surface area (Å²) in [7, 11) is 1.76. The van der Waals surface area contributed by atoms with Crippen LogP contribution in [-0.2, 0) is 4.74 Å². The lowest BCUT2D eigenvalue weighted by molar-refractivity contribution is 0.174. The molecule has 2 fully saturated rings. The van der Waals surface area contributed by atoms with Crippen molar-refractivity contribution < 1.29 is 4.74 Å².